The lowest BCUT2D eigenvalue weighted by atomic mass is 9.90. The number of imidazole rings is 1. The minimum Gasteiger partial charge on any atom is -0.480 e. The molecule has 10 nitrogen and oxygen atoms in total. The van der Waals surface area contributed by atoms with Crippen molar-refractivity contribution < 1.29 is 22.6 Å². The number of aryl methyl sites for hydroxylation is 2. The van der Waals surface area contributed by atoms with Gasteiger partial charge in [0.1, 0.15) is 23.5 Å². The van der Waals surface area contributed by atoms with Crippen LogP contribution in [0.5, 0.6) is 5.88 Å². The summed E-state index contributed by atoms with van der Waals surface area (Å²) in [4.78, 5) is 25.3. The number of methoxy groups -OCH3 is 1. The number of fused-ring (bicyclic) bond motifs is 1. The van der Waals surface area contributed by atoms with Crippen molar-refractivity contribution in [1.82, 2.24) is 34.4 Å². The fourth-order valence-corrected chi connectivity index (χ4v) is 6.11. The van der Waals surface area contributed by atoms with Crippen LogP contribution in [0, 0.1) is 0 Å². The van der Waals surface area contributed by atoms with E-state index >= 15 is 0 Å². The highest BCUT2D eigenvalue weighted by atomic mass is 19.4. The third-order valence-electron chi connectivity index (χ3n) is 8.83. The summed E-state index contributed by atoms with van der Waals surface area (Å²) in [5, 5.41) is 3.56. The molecule has 4 heterocycles. The van der Waals surface area contributed by atoms with E-state index in [1.807, 2.05) is 12.1 Å². The van der Waals surface area contributed by atoms with Crippen LogP contribution in [0.2, 0.25) is 0 Å². The van der Waals surface area contributed by atoms with Gasteiger partial charge in [-0.3, -0.25) is 0 Å². The van der Waals surface area contributed by atoms with Gasteiger partial charge < -0.3 is 24.3 Å². The Morgan fingerprint density at radius 3 is 2.53 bits per heavy atom. The van der Waals surface area contributed by atoms with Gasteiger partial charge in [-0.05, 0) is 44.7 Å². The summed E-state index contributed by atoms with van der Waals surface area (Å²) in [5.41, 5.74) is 4.41. The van der Waals surface area contributed by atoms with Crippen molar-refractivity contribution >= 4 is 5.82 Å². The van der Waals surface area contributed by atoms with Gasteiger partial charge in [-0.15, -0.1) is 0 Å². The monoisotopic (exact) mass is 620 g/mol. The molecular formula is C32H35F3N8O2. The molecule has 4 aromatic rings. The number of epoxide rings is 1. The lowest BCUT2D eigenvalue weighted by Gasteiger charge is -2.32. The Morgan fingerprint density at radius 1 is 1.09 bits per heavy atom. The van der Waals surface area contributed by atoms with Crippen molar-refractivity contribution in [3.8, 4) is 28.7 Å². The zero-order valence-electron chi connectivity index (χ0n) is 25.4. The molecule has 0 radical (unpaired) electrons. The van der Waals surface area contributed by atoms with Gasteiger partial charge in [0.15, 0.2) is 11.5 Å². The highest BCUT2D eigenvalue weighted by Crippen LogP contribution is 2.45. The van der Waals surface area contributed by atoms with E-state index < -0.39 is 11.9 Å². The Balaban J connectivity index is 1.19. The van der Waals surface area contributed by atoms with Crippen molar-refractivity contribution in [3.05, 3.63) is 65.0 Å². The third kappa shape index (κ3) is 6.23. The van der Waals surface area contributed by atoms with Gasteiger partial charge in [-0.1, -0.05) is 24.3 Å². The fourth-order valence-electron chi connectivity index (χ4n) is 6.11. The van der Waals surface area contributed by atoms with E-state index in [2.05, 4.69) is 32.2 Å². The maximum Gasteiger partial charge on any atom is 0.434 e. The molecule has 7 rings (SSSR count). The summed E-state index contributed by atoms with van der Waals surface area (Å²) in [6, 6.07) is 7.71. The predicted molar refractivity (Wildman–Crippen MR) is 161 cm³/mol. The summed E-state index contributed by atoms with van der Waals surface area (Å²) < 4.78 is 52.1. The molecule has 2 unspecified atom stereocenters. The molecule has 45 heavy (non-hydrogen) atoms. The normalized spacial score (nSPS) is 19.4. The molecule has 1 saturated heterocycles. The number of likely N-dealkylation sites (N-methyl/N-ethyl adjacent to an activating group) is 1. The maximum atomic E-state index is 13.2. The third-order valence-corrected chi connectivity index (χ3v) is 8.83. The van der Waals surface area contributed by atoms with Gasteiger partial charge in [-0.25, -0.2) is 24.9 Å². The molecule has 2 fully saturated rings. The van der Waals surface area contributed by atoms with E-state index in [9.17, 15) is 13.2 Å². The van der Waals surface area contributed by atoms with Crippen molar-refractivity contribution in [3.63, 3.8) is 0 Å². The standard InChI is InChI=1S/C32H35F3N8O2/c1-42(14-22-16-45-22)21-10-11-24-23(12-21)28(41-29(39-24)26-27(19-8-9-19)37-17-38-31(26)44-3)36-13-18-4-6-20(7-5-18)30-40-25(15-43(30)2)32(33,34)35/h4-7,15,17,19,21-22H,8-14,16H2,1-3H3,(H,36,39,41). The molecule has 1 saturated carbocycles. The number of hydrogen-bond acceptors (Lipinski definition) is 9. The number of nitrogens with one attached hydrogen (secondary N) is 1. The number of alkyl halides is 3. The van der Waals surface area contributed by atoms with Crippen LogP contribution >= 0.6 is 0 Å². The molecule has 13 heteroatoms. The van der Waals surface area contributed by atoms with E-state index in [1.165, 1.54) is 10.9 Å². The van der Waals surface area contributed by atoms with Crippen molar-refractivity contribution in [2.75, 3.05) is 32.6 Å². The minimum absolute atomic E-state index is 0.258. The molecule has 1 N–H and O–H groups in total. The van der Waals surface area contributed by atoms with Gasteiger partial charge in [0.25, 0.3) is 0 Å². The van der Waals surface area contributed by atoms with Gasteiger partial charge >= 0.3 is 6.18 Å². The smallest absolute Gasteiger partial charge is 0.434 e. The second-order valence-corrected chi connectivity index (χ2v) is 12.1. The quantitative estimate of drug-likeness (QED) is 0.244. The van der Waals surface area contributed by atoms with Crippen LogP contribution in [0.15, 0.2) is 36.8 Å². The largest absolute Gasteiger partial charge is 0.480 e. The van der Waals surface area contributed by atoms with E-state index in [0.29, 0.717) is 41.9 Å². The van der Waals surface area contributed by atoms with Gasteiger partial charge in [-0.2, -0.15) is 13.2 Å². The molecular weight excluding hydrogens is 585 g/mol. The Bertz CT molecular complexity index is 1700. The maximum absolute atomic E-state index is 13.2. The van der Waals surface area contributed by atoms with Gasteiger partial charge in [0, 0.05) is 55.1 Å². The molecule has 0 bridgehead atoms. The first-order valence-electron chi connectivity index (χ1n) is 15.2. The first-order valence-corrected chi connectivity index (χ1v) is 15.2. The summed E-state index contributed by atoms with van der Waals surface area (Å²) in [6.45, 7) is 2.18. The molecule has 1 aromatic carbocycles. The van der Waals surface area contributed by atoms with Crippen molar-refractivity contribution in [2.45, 2.75) is 62.9 Å². The number of anilines is 1. The zero-order valence-corrected chi connectivity index (χ0v) is 25.4. The van der Waals surface area contributed by atoms with Crippen LogP contribution in [0.1, 0.15) is 53.4 Å². The topological polar surface area (TPSA) is 106 Å². The van der Waals surface area contributed by atoms with Crippen LogP contribution in [-0.4, -0.2) is 73.8 Å². The van der Waals surface area contributed by atoms with Gasteiger partial charge in [0.2, 0.25) is 5.88 Å². The van der Waals surface area contributed by atoms with E-state index in [0.717, 1.165) is 85.3 Å². The molecule has 3 aliphatic rings. The first kappa shape index (κ1) is 29.6. The molecule has 1 aliphatic heterocycles. The number of rotatable bonds is 10. The Labute approximate surface area is 259 Å². The van der Waals surface area contributed by atoms with Crippen LogP contribution < -0.4 is 10.1 Å². The second kappa shape index (κ2) is 11.7. The van der Waals surface area contributed by atoms with Crippen molar-refractivity contribution in [1.29, 1.82) is 0 Å². The summed E-state index contributed by atoms with van der Waals surface area (Å²) in [5.74, 6) is 2.38. The SMILES string of the molecule is COc1ncnc(C2CC2)c1-c1nc2c(c(NCc3ccc(-c4nc(C(F)(F)F)cn4C)cc3)n1)CC(N(C)CC1CO1)CC2. The molecule has 0 spiro atoms. The highest BCUT2D eigenvalue weighted by molar-refractivity contribution is 5.68. The number of nitrogens with zero attached hydrogens (tertiary/aromatic N) is 7. The molecule has 2 aliphatic carbocycles. The Hall–Kier alpha value is -4.10. The Kier molecular flexibility index (Phi) is 7.68. The fraction of sp³-hybridized carbons (Fsp3) is 0.469. The van der Waals surface area contributed by atoms with Crippen LogP contribution in [-0.2, 0) is 37.3 Å². The number of benzene rings is 1. The average Bonchev–Trinajstić information content (AvgIpc) is 3.98. The molecule has 3 aromatic heterocycles. The predicted octanol–water partition coefficient (Wildman–Crippen LogP) is 5.04. The van der Waals surface area contributed by atoms with Crippen molar-refractivity contribution in [2.24, 2.45) is 7.05 Å². The number of aromatic nitrogens is 6. The molecule has 2 atom stereocenters. The summed E-state index contributed by atoms with van der Waals surface area (Å²) >= 11 is 0. The Morgan fingerprint density at radius 2 is 1.87 bits per heavy atom. The minimum atomic E-state index is -4.50. The van der Waals surface area contributed by atoms with Crippen LogP contribution in [0.25, 0.3) is 22.8 Å². The number of halogens is 3. The average molecular weight is 621 g/mol. The number of hydrogen-bond donors (Lipinski definition) is 1. The van der Waals surface area contributed by atoms with E-state index in [1.54, 1.807) is 26.3 Å². The highest BCUT2D eigenvalue weighted by Gasteiger charge is 2.36. The first-order chi connectivity index (χ1) is 21.7. The lowest BCUT2D eigenvalue weighted by Crippen LogP contribution is -2.39. The van der Waals surface area contributed by atoms with Gasteiger partial charge in [0.05, 0.1) is 25.5 Å². The number of ether oxygens (including phenoxy) is 2. The summed E-state index contributed by atoms with van der Waals surface area (Å²) in [7, 11) is 5.31. The van der Waals surface area contributed by atoms with E-state index in [-0.39, 0.29) is 5.82 Å². The van der Waals surface area contributed by atoms with E-state index in [4.69, 9.17) is 19.4 Å². The molecule has 0 amide bonds. The second-order valence-electron chi connectivity index (χ2n) is 12.1. The van der Waals surface area contributed by atoms with Crippen LogP contribution in [0.3, 0.4) is 0 Å². The molecule has 236 valence electrons. The lowest BCUT2D eigenvalue weighted by molar-refractivity contribution is -0.140. The summed E-state index contributed by atoms with van der Waals surface area (Å²) in [6.07, 6.45) is 3.08. The van der Waals surface area contributed by atoms with Crippen LogP contribution in [0.4, 0.5) is 19.0 Å². The zero-order chi connectivity index (χ0) is 31.3.